The van der Waals surface area contributed by atoms with Crippen molar-refractivity contribution in [2.75, 3.05) is 42.7 Å². The summed E-state index contributed by atoms with van der Waals surface area (Å²) < 4.78 is 34.8. The molecule has 1 N–H and O–H groups in total. The Bertz CT molecular complexity index is 1880. The number of ether oxygens (including phenoxy) is 6. The molecule has 1 heterocycles. The summed E-state index contributed by atoms with van der Waals surface area (Å²) >= 11 is 0. The molecular weight excluding hydrogens is 564 g/mol. The summed E-state index contributed by atoms with van der Waals surface area (Å²) in [4.78, 5) is 28.3. The number of hydrogen-bond donors (Lipinski definition) is 1. The molecule has 0 saturated carbocycles. The van der Waals surface area contributed by atoms with Gasteiger partial charge in [-0.15, -0.1) is 0 Å². The normalized spacial score (nSPS) is 10.9. The lowest BCUT2D eigenvalue weighted by molar-refractivity contribution is 0.0952. The zero-order chi connectivity index (χ0) is 31.4. The summed E-state index contributed by atoms with van der Waals surface area (Å²) in [5, 5.41) is 4.36. The SMILES string of the molecule is COc1ccc(CNC(=O)c2cc(OC)c(OC)c3c2c2cc(OC)c(OC)cc2c(=O)n3Cc2ccc(OC)cc2)cc1. The smallest absolute Gasteiger partial charge is 0.259 e. The van der Waals surface area contributed by atoms with Crippen LogP contribution in [0.1, 0.15) is 21.5 Å². The van der Waals surface area contributed by atoms with E-state index in [1.807, 2.05) is 48.5 Å². The highest BCUT2D eigenvalue weighted by atomic mass is 16.5. The fourth-order valence-electron chi connectivity index (χ4n) is 5.28. The summed E-state index contributed by atoms with van der Waals surface area (Å²) in [6, 6.07) is 19.8. The van der Waals surface area contributed by atoms with E-state index in [-0.39, 0.29) is 24.6 Å². The van der Waals surface area contributed by atoms with Crippen LogP contribution in [-0.2, 0) is 13.1 Å². The van der Waals surface area contributed by atoms with Gasteiger partial charge in [-0.3, -0.25) is 14.2 Å². The number of fused-ring (bicyclic) bond motifs is 3. The summed E-state index contributed by atoms with van der Waals surface area (Å²) in [5.74, 6) is 2.46. The second-order valence-corrected chi connectivity index (χ2v) is 9.91. The largest absolute Gasteiger partial charge is 0.497 e. The third kappa shape index (κ3) is 5.54. The Kier molecular flexibility index (Phi) is 8.80. The lowest BCUT2D eigenvalue weighted by atomic mass is 9.98. The minimum absolute atomic E-state index is 0.181. The van der Waals surface area contributed by atoms with Crippen molar-refractivity contribution >= 4 is 27.6 Å². The fourth-order valence-corrected chi connectivity index (χ4v) is 5.28. The molecule has 0 unspecified atom stereocenters. The Labute approximate surface area is 254 Å². The molecule has 44 heavy (non-hydrogen) atoms. The second-order valence-electron chi connectivity index (χ2n) is 9.91. The summed E-state index contributed by atoms with van der Waals surface area (Å²) in [6.07, 6.45) is 0. The monoisotopic (exact) mass is 598 g/mol. The molecule has 0 bridgehead atoms. The number of nitrogens with one attached hydrogen (secondary N) is 1. The van der Waals surface area contributed by atoms with Crippen molar-refractivity contribution in [3.05, 3.63) is 93.8 Å². The molecule has 0 aliphatic rings. The zero-order valence-corrected chi connectivity index (χ0v) is 25.5. The maximum atomic E-state index is 14.3. The van der Waals surface area contributed by atoms with Crippen LogP contribution in [0.15, 0.2) is 71.5 Å². The molecule has 0 aliphatic carbocycles. The first-order chi connectivity index (χ1) is 21.4. The molecule has 4 aromatic carbocycles. The Morgan fingerprint density at radius 1 is 0.659 bits per heavy atom. The van der Waals surface area contributed by atoms with E-state index in [0.717, 1.165) is 16.9 Å². The number of nitrogens with zero attached hydrogens (tertiary/aromatic N) is 1. The number of carbonyl (C=O) groups is 1. The van der Waals surface area contributed by atoms with Crippen molar-refractivity contribution in [1.29, 1.82) is 0 Å². The molecule has 1 amide bonds. The molecule has 0 atom stereocenters. The molecule has 0 aliphatic heterocycles. The lowest BCUT2D eigenvalue weighted by Gasteiger charge is -2.21. The van der Waals surface area contributed by atoms with Gasteiger partial charge in [-0.2, -0.15) is 0 Å². The van der Waals surface area contributed by atoms with Gasteiger partial charge in [0.2, 0.25) is 0 Å². The highest BCUT2D eigenvalue weighted by Crippen LogP contribution is 2.42. The number of hydrogen-bond acceptors (Lipinski definition) is 8. The van der Waals surface area contributed by atoms with Crippen molar-refractivity contribution < 1.29 is 33.2 Å². The van der Waals surface area contributed by atoms with Crippen LogP contribution in [0.2, 0.25) is 0 Å². The van der Waals surface area contributed by atoms with Crippen molar-refractivity contribution in [2.24, 2.45) is 0 Å². The lowest BCUT2D eigenvalue weighted by Crippen LogP contribution is -2.26. The number of amides is 1. The van der Waals surface area contributed by atoms with E-state index in [0.29, 0.717) is 56.0 Å². The minimum Gasteiger partial charge on any atom is -0.497 e. The van der Waals surface area contributed by atoms with Crippen LogP contribution < -0.4 is 39.3 Å². The Hall–Kier alpha value is -5.38. The van der Waals surface area contributed by atoms with Gasteiger partial charge in [-0.1, -0.05) is 24.3 Å². The van der Waals surface area contributed by atoms with Gasteiger partial charge in [0.15, 0.2) is 23.0 Å². The number of methoxy groups -OCH3 is 6. The van der Waals surface area contributed by atoms with Gasteiger partial charge in [0.25, 0.3) is 11.5 Å². The van der Waals surface area contributed by atoms with Crippen LogP contribution >= 0.6 is 0 Å². The Morgan fingerprint density at radius 3 is 1.73 bits per heavy atom. The standard InChI is InChI=1S/C34H34N2O8/c1-39-22-11-7-20(8-12-22)18-35-33(37)26-17-29(43-5)32(44-6)31-30(26)24-15-27(41-3)28(42-4)16-25(24)34(38)36(31)19-21-9-13-23(40-2)14-10-21/h7-17H,18-19H2,1-6H3,(H,35,37). The summed E-state index contributed by atoms with van der Waals surface area (Å²) in [7, 11) is 9.21. The quantitative estimate of drug-likeness (QED) is 0.207. The highest BCUT2D eigenvalue weighted by Gasteiger charge is 2.26. The zero-order valence-electron chi connectivity index (χ0n) is 25.5. The average molecular weight is 599 g/mol. The van der Waals surface area contributed by atoms with E-state index in [1.54, 1.807) is 37.0 Å². The Morgan fingerprint density at radius 2 is 1.20 bits per heavy atom. The van der Waals surface area contributed by atoms with Crippen LogP contribution in [0.5, 0.6) is 34.5 Å². The van der Waals surface area contributed by atoms with Gasteiger partial charge >= 0.3 is 0 Å². The maximum Gasteiger partial charge on any atom is 0.259 e. The van der Waals surface area contributed by atoms with E-state index >= 15 is 0 Å². The molecule has 10 nitrogen and oxygen atoms in total. The predicted octanol–water partition coefficient (Wildman–Crippen LogP) is 5.18. The maximum absolute atomic E-state index is 14.3. The molecule has 228 valence electrons. The Balaban J connectivity index is 1.80. The molecule has 5 rings (SSSR count). The first-order valence-electron chi connectivity index (χ1n) is 13.8. The van der Waals surface area contributed by atoms with E-state index in [1.165, 1.54) is 28.4 Å². The van der Waals surface area contributed by atoms with Gasteiger partial charge < -0.3 is 33.7 Å². The molecule has 0 saturated heterocycles. The van der Waals surface area contributed by atoms with E-state index in [4.69, 9.17) is 28.4 Å². The number of rotatable bonds is 11. The van der Waals surface area contributed by atoms with Crippen LogP contribution in [0.3, 0.4) is 0 Å². The summed E-state index contributed by atoms with van der Waals surface area (Å²) in [6.45, 7) is 0.444. The fraction of sp³-hybridized carbons (Fsp3) is 0.235. The minimum atomic E-state index is -0.363. The second kappa shape index (κ2) is 12.9. The summed E-state index contributed by atoms with van der Waals surface area (Å²) in [5.41, 5.74) is 2.12. The highest BCUT2D eigenvalue weighted by molar-refractivity contribution is 6.19. The topological polar surface area (TPSA) is 106 Å². The van der Waals surface area contributed by atoms with Gasteiger partial charge in [-0.05, 0) is 53.6 Å². The number of carbonyl (C=O) groups excluding carboxylic acids is 1. The number of aromatic nitrogens is 1. The molecule has 10 heteroatoms. The van der Waals surface area contributed by atoms with Crippen LogP contribution in [0.25, 0.3) is 21.7 Å². The van der Waals surface area contributed by atoms with Gasteiger partial charge in [0.05, 0.1) is 65.7 Å². The molecular formula is C34H34N2O8. The third-order valence-corrected chi connectivity index (χ3v) is 7.54. The molecule has 1 aromatic heterocycles. The van der Waals surface area contributed by atoms with Crippen molar-refractivity contribution in [3.8, 4) is 34.5 Å². The van der Waals surface area contributed by atoms with Crippen molar-refractivity contribution in [2.45, 2.75) is 13.1 Å². The van der Waals surface area contributed by atoms with E-state index in [2.05, 4.69) is 5.32 Å². The van der Waals surface area contributed by atoms with Gasteiger partial charge in [0, 0.05) is 17.3 Å². The van der Waals surface area contributed by atoms with Crippen LogP contribution in [0.4, 0.5) is 0 Å². The predicted molar refractivity (Wildman–Crippen MR) is 168 cm³/mol. The first-order valence-corrected chi connectivity index (χ1v) is 13.8. The molecule has 0 radical (unpaired) electrons. The molecule has 0 spiro atoms. The number of pyridine rings is 1. The average Bonchev–Trinajstić information content (AvgIpc) is 3.07. The van der Waals surface area contributed by atoms with Crippen molar-refractivity contribution in [1.82, 2.24) is 9.88 Å². The van der Waals surface area contributed by atoms with E-state index in [9.17, 15) is 9.59 Å². The number of benzene rings is 4. The van der Waals surface area contributed by atoms with E-state index < -0.39 is 0 Å². The van der Waals surface area contributed by atoms with Crippen LogP contribution in [-0.4, -0.2) is 53.1 Å². The first kappa shape index (κ1) is 30.1. The molecule has 5 aromatic rings. The molecule has 0 fully saturated rings. The third-order valence-electron chi connectivity index (χ3n) is 7.54. The van der Waals surface area contributed by atoms with Crippen molar-refractivity contribution in [3.63, 3.8) is 0 Å². The van der Waals surface area contributed by atoms with Crippen LogP contribution in [0, 0.1) is 0 Å². The van der Waals surface area contributed by atoms with Gasteiger partial charge in [0.1, 0.15) is 11.5 Å². The van der Waals surface area contributed by atoms with Gasteiger partial charge in [-0.25, -0.2) is 0 Å².